The first kappa shape index (κ1) is 12.4. The summed E-state index contributed by atoms with van der Waals surface area (Å²) in [5.74, 6) is 0.198. The van der Waals surface area contributed by atoms with Crippen molar-refractivity contribution in [1.29, 1.82) is 0 Å². The van der Waals surface area contributed by atoms with Crippen LogP contribution in [0.2, 0.25) is 0 Å². The fourth-order valence-electron chi connectivity index (χ4n) is 3.38. The molecule has 0 aromatic heterocycles. The number of hydrogen-bond donors (Lipinski definition) is 1. The number of thiocarbonyl (C=S) groups is 1. The van der Waals surface area contributed by atoms with Crippen LogP contribution < -0.4 is 5.73 Å². The zero-order valence-electron chi connectivity index (χ0n) is 10.7. The van der Waals surface area contributed by atoms with Crippen molar-refractivity contribution in [3.63, 3.8) is 0 Å². The van der Waals surface area contributed by atoms with Crippen LogP contribution in [0.1, 0.15) is 32.1 Å². The number of nitrogens with zero attached hydrogens (tertiary/aromatic N) is 2. The van der Waals surface area contributed by atoms with Gasteiger partial charge in [-0.3, -0.25) is 9.69 Å². The van der Waals surface area contributed by atoms with E-state index >= 15 is 0 Å². The van der Waals surface area contributed by atoms with E-state index in [0.29, 0.717) is 11.0 Å². The third-order valence-corrected chi connectivity index (χ3v) is 5.11. The Morgan fingerprint density at radius 3 is 2.61 bits per heavy atom. The first-order valence-electron chi connectivity index (χ1n) is 6.97. The van der Waals surface area contributed by atoms with Crippen molar-refractivity contribution in [3.8, 4) is 0 Å². The number of rotatable bonds is 2. The average Bonchev–Trinajstić information content (AvgIpc) is 3.09. The SMILES string of the molecule is NC(=S)C1(C(=O)N2CCCN3CCCC3C2)CC1. The summed E-state index contributed by atoms with van der Waals surface area (Å²) in [6, 6.07) is 0.568. The van der Waals surface area contributed by atoms with Crippen molar-refractivity contribution in [1.82, 2.24) is 9.80 Å². The molecule has 0 aromatic rings. The molecule has 5 heteroatoms. The van der Waals surface area contributed by atoms with E-state index < -0.39 is 5.41 Å². The van der Waals surface area contributed by atoms with Crippen molar-refractivity contribution in [3.05, 3.63) is 0 Å². The van der Waals surface area contributed by atoms with Crippen molar-refractivity contribution in [2.75, 3.05) is 26.2 Å². The Balaban J connectivity index is 1.72. The lowest BCUT2D eigenvalue weighted by Crippen LogP contribution is -2.46. The van der Waals surface area contributed by atoms with Gasteiger partial charge in [0.2, 0.25) is 5.91 Å². The molecule has 3 rings (SSSR count). The summed E-state index contributed by atoms with van der Waals surface area (Å²) < 4.78 is 0. The van der Waals surface area contributed by atoms with E-state index in [1.807, 2.05) is 4.90 Å². The summed E-state index contributed by atoms with van der Waals surface area (Å²) in [5.41, 5.74) is 5.29. The van der Waals surface area contributed by atoms with Crippen LogP contribution in [-0.4, -0.2) is 52.9 Å². The Labute approximate surface area is 113 Å². The van der Waals surface area contributed by atoms with E-state index in [9.17, 15) is 4.79 Å². The molecule has 1 saturated carbocycles. The highest BCUT2D eigenvalue weighted by atomic mass is 32.1. The van der Waals surface area contributed by atoms with Gasteiger partial charge in [-0.05, 0) is 38.6 Å². The van der Waals surface area contributed by atoms with E-state index in [1.165, 1.54) is 19.4 Å². The molecule has 3 fully saturated rings. The highest BCUT2D eigenvalue weighted by Crippen LogP contribution is 2.47. The summed E-state index contributed by atoms with van der Waals surface area (Å²) >= 11 is 5.09. The van der Waals surface area contributed by atoms with E-state index in [1.54, 1.807) is 0 Å². The molecule has 18 heavy (non-hydrogen) atoms. The molecule has 100 valence electrons. The van der Waals surface area contributed by atoms with Gasteiger partial charge in [0.1, 0.15) is 0 Å². The van der Waals surface area contributed by atoms with Crippen LogP contribution in [-0.2, 0) is 4.79 Å². The standard InChI is InChI=1S/C13H21N3OS/c14-11(18)13(4-5-13)12(17)16-8-2-7-15-6-1-3-10(15)9-16/h10H,1-9H2,(H2,14,18). The first-order chi connectivity index (χ1) is 8.63. The Morgan fingerprint density at radius 1 is 1.22 bits per heavy atom. The highest BCUT2D eigenvalue weighted by Gasteiger charge is 2.54. The van der Waals surface area contributed by atoms with Gasteiger partial charge in [-0.2, -0.15) is 0 Å². The number of carbonyl (C=O) groups is 1. The van der Waals surface area contributed by atoms with Crippen LogP contribution in [0.5, 0.6) is 0 Å². The van der Waals surface area contributed by atoms with Crippen LogP contribution in [0.4, 0.5) is 0 Å². The molecule has 2 aliphatic heterocycles. The minimum atomic E-state index is -0.469. The van der Waals surface area contributed by atoms with Gasteiger partial charge in [0.15, 0.2) is 0 Å². The average molecular weight is 267 g/mol. The summed E-state index contributed by atoms with van der Waals surface area (Å²) in [6.07, 6.45) is 5.28. The van der Waals surface area contributed by atoms with E-state index in [-0.39, 0.29) is 5.91 Å². The minimum Gasteiger partial charge on any atom is -0.392 e. The Bertz CT molecular complexity index is 380. The van der Waals surface area contributed by atoms with Crippen molar-refractivity contribution in [2.45, 2.75) is 38.1 Å². The molecule has 2 N–H and O–H groups in total. The first-order valence-corrected chi connectivity index (χ1v) is 7.38. The molecular weight excluding hydrogens is 246 g/mol. The Morgan fingerprint density at radius 2 is 1.94 bits per heavy atom. The zero-order chi connectivity index (χ0) is 12.8. The predicted molar refractivity (Wildman–Crippen MR) is 74.2 cm³/mol. The molecule has 2 saturated heterocycles. The number of carbonyl (C=O) groups excluding carboxylic acids is 1. The lowest BCUT2D eigenvalue weighted by atomic mass is 10.0. The maximum atomic E-state index is 12.6. The number of fused-ring (bicyclic) bond motifs is 1. The molecule has 0 spiro atoms. The molecule has 2 heterocycles. The molecule has 0 aromatic carbocycles. The van der Waals surface area contributed by atoms with Crippen LogP contribution in [0.3, 0.4) is 0 Å². The lowest BCUT2D eigenvalue weighted by molar-refractivity contribution is -0.134. The molecular formula is C13H21N3OS. The molecule has 4 nitrogen and oxygen atoms in total. The highest BCUT2D eigenvalue weighted by molar-refractivity contribution is 7.80. The molecule has 1 aliphatic carbocycles. The molecule has 0 bridgehead atoms. The van der Waals surface area contributed by atoms with E-state index in [0.717, 1.165) is 38.9 Å². The van der Waals surface area contributed by atoms with E-state index in [4.69, 9.17) is 18.0 Å². The van der Waals surface area contributed by atoms with Gasteiger partial charge < -0.3 is 10.6 Å². The number of nitrogens with two attached hydrogens (primary N) is 1. The molecule has 1 amide bonds. The second kappa shape index (κ2) is 4.46. The Kier molecular flexibility index (Phi) is 3.06. The molecule has 3 aliphatic rings. The summed E-state index contributed by atoms with van der Waals surface area (Å²) in [4.78, 5) is 17.6. The van der Waals surface area contributed by atoms with Crippen LogP contribution in [0.25, 0.3) is 0 Å². The van der Waals surface area contributed by atoms with Crippen LogP contribution >= 0.6 is 12.2 Å². The number of amides is 1. The van der Waals surface area contributed by atoms with Crippen molar-refractivity contribution in [2.24, 2.45) is 11.1 Å². The van der Waals surface area contributed by atoms with Gasteiger partial charge in [0, 0.05) is 25.7 Å². The van der Waals surface area contributed by atoms with Crippen molar-refractivity contribution >= 4 is 23.1 Å². The number of hydrogen-bond acceptors (Lipinski definition) is 3. The maximum absolute atomic E-state index is 12.6. The van der Waals surface area contributed by atoms with Gasteiger partial charge in [0.25, 0.3) is 0 Å². The normalized spacial score (nSPS) is 30.7. The smallest absolute Gasteiger partial charge is 0.235 e. The molecule has 1 unspecified atom stereocenters. The molecule has 1 atom stereocenters. The quantitative estimate of drug-likeness (QED) is 0.750. The Hall–Kier alpha value is -0.680. The van der Waals surface area contributed by atoms with Crippen LogP contribution in [0, 0.1) is 5.41 Å². The second-order valence-electron chi connectivity index (χ2n) is 5.88. The van der Waals surface area contributed by atoms with Gasteiger partial charge in [-0.25, -0.2) is 0 Å². The topological polar surface area (TPSA) is 49.6 Å². The summed E-state index contributed by atoms with van der Waals surface area (Å²) in [5, 5.41) is 0. The van der Waals surface area contributed by atoms with Gasteiger partial charge in [0.05, 0.1) is 10.4 Å². The van der Waals surface area contributed by atoms with E-state index in [2.05, 4.69) is 4.90 Å². The predicted octanol–water partition coefficient (Wildman–Crippen LogP) is 0.749. The fourth-order valence-corrected chi connectivity index (χ4v) is 3.68. The second-order valence-corrected chi connectivity index (χ2v) is 6.32. The third-order valence-electron chi connectivity index (χ3n) is 4.72. The maximum Gasteiger partial charge on any atom is 0.235 e. The monoisotopic (exact) mass is 267 g/mol. The third kappa shape index (κ3) is 1.93. The van der Waals surface area contributed by atoms with Gasteiger partial charge in [-0.15, -0.1) is 0 Å². The van der Waals surface area contributed by atoms with Gasteiger partial charge in [-0.1, -0.05) is 12.2 Å². The summed E-state index contributed by atoms with van der Waals surface area (Å²) in [7, 11) is 0. The lowest BCUT2D eigenvalue weighted by Gasteiger charge is -2.28. The minimum absolute atomic E-state index is 0.198. The van der Waals surface area contributed by atoms with Crippen molar-refractivity contribution < 1.29 is 4.79 Å². The molecule has 0 radical (unpaired) electrons. The fraction of sp³-hybridized carbons (Fsp3) is 0.846. The van der Waals surface area contributed by atoms with Crippen LogP contribution in [0.15, 0.2) is 0 Å². The zero-order valence-corrected chi connectivity index (χ0v) is 11.5. The largest absolute Gasteiger partial charge is 0.392 e. The summed E-state index contributed by atoms with van der Waals surface area (Å²) in [6.45, 7) is 4.08. The van der Waals surface area contributed by atoms with Gasteiger partial charge >= 0.3 is 0 Å².